The van der Waals surface area contributed by atoms with Crippen LogP contribution in [-0.4, -0.2) is 15.0 Å². The largest absolute Gasteiger partial charge is 0.253 e. The Labute approximate surface area is 138 Å². The van der Waals surface area contributed by atoms with Gasteiger partial charge in [0.25, 0.3) is 0 Å². The van der Waals surface area contributed by atoms with Crippen LogP contribution >= 0.6 is 34.2 Å². The molecule has 2 aromatic rings. The molecule has 20 heavy (non-hydrogen) atoms. The third-order valence-electron chi connectivity index (χ3n) is 2.96. The average Bonchev–Trinajstić information content (AvgIpc) is 2.43. The third-order valence-corrected chi connectivity index (χ3v) is 4.69. The molecule has 0 aliphatic heterocycles. The zero-order valence-corrected chi connectivity index (χ0v) is 14.7. The second-order valence-corrected chi connectivity index (χ2v) is 6.50. The molecule has 0 aromatic carbocycles. The highest BCUT2D eigenvalue weighted by Crippen LogP contribution is 2.26. The van der Waals surface area contributed by atoms with E-state index in [9.17, 15) is 0 Å². The molecule has 5 heteroatoms. The van der Waals surface area contributed by atoms with Gasteiger partial charge in [-0.2, -0.15) is 0 Å². The summed E-state index contributed by atoms with van der Waals surface area (Å²) in [6.07, 6.45) is 3.56. The van der Waals surface area contributed by atoms with E-state index in [1.54, 1.807) is 6.20 Å². The minimum Gasteiger partial charge on any atom is -0.253 e. The van der Waals surface area contributed by atoms with Crippen LogP contribution in [0.5, 0.6) is 0 Å². The minimum absolute atomic E-state index is 0.513. The van der Waals surface area contributed by atoms with Crippen molar-refractivity contribution in [3.8, 4) is 11.5 Å². The summed E-state index contributed by atoms with van der Waals surface area (Å²) < 4.78 is 0.940. The zero-order valence-electron chi connectivity index (χ0n) is 11.8. The summed E-state index contributed by atoms with van der Waals surface area (Å²) in [5.41, 5.74) is 2.97. The van der Waals surface area contributed by atoms with Crippen LogP contribution in [0.2, 0.25) is 5.15 Å². The van der Waals surface area contributed by atoms with Gasteiger partial charge in [-0.25, -0.2) is 9.97 Å². The Morgan fingerprint density at radius 3 is 2.70 bits per heavy atom. The van der Waals surface area contributed by atoms with Crippen LogP contribution in [0.15, 0.2) is 18.3 Å². The first-order chi connectivity index (χ1) is 9.52. The molecule has 0 unspecified atom stereocenters. The molecule has 3 nitrogen and oxygen atoms in total. The number of rotatable bonds is 4. The number of pyridine rings is 1. The molecule has 0 N–H and O–H groups in total. The van der Waals surface area contributed by atoms with E-state index in [-0.39, 0.29) is 0 Å². The summed E-state index contributed by atoms with van der Waals surface area (Å²) in [7, 11) is 0. The standard InChI is InChI=1S/C15H17ClIN3/c1-4-10-6-5-7-18-13(10)15-19-11(8-9(2)3)12(17)14(16)20-15/h5-7,9H,4,8H2,1-3H3. The topological polar surface area (TPSA) is 38.7 Å². The number of hydrogen-bond donors (Lipinski definition) is 0. The van der Waals surface area contributed by atoms with Crippen LogP contribution in [-0.2, 0) is 12.8 Å². The van der Waals surface area contributed by atoms with E-state index in [0.29, 0.717) is 16.9 Å². The normalized spacial score (nSPS) is 11.1. The van der Waals surface area contributed by atoms with Crippen molar-refractivity contribution in [1.82, 2.24) is 15.0 Å². The van der Waals surface area contributed by atoms with Crippen LogP contribution in [0.4, 0.5) is 0 Å². The fourth-order valence-electron chi connectivity index (χ4n) is 2.02. The Morgan fingerprint density at radius 1 is 1.30 bits per heavy atom. The third kappa shape index (κ3) is 3.47. The summed E-state index contributed by atoms with van der Waals surface area (Å²) >= 11 is 8.48. The lowest BCUT2D eigenvalue weighted by Gasteiger charge is -2.11. The van der Waals surface area contributed by atoms with Gasteiger partial charge in [0.2, 0.25) is 0 Å². The van der Waals surface area contributed by atoms with E-state index in [4.69, 9.17) is 11.6 Å². The van der Waals surface area contributed by atoms with E-state index in [1.807, 2.05) is 6.07 Å². The monoisotopic (exact) mass is 401 g/mol. The number of aryl methyl sites for hydroxylation is 1. The van der Waals surface area contributed by atoms with E-state index in [2.05, 4.69) is 64.4 Å². The molecule has 0 aliphatic rings. The highest BCUT2D eigenvalue weighted by Gasteiger charge is 2.15. The SMILES string of the molecule is CCc1cccnc1-c1nc(Cl)c(I)c(CC(C)C)n1. The fraction of sp³-hybridized carbons (Fsp3) is 0.400. The molecule has 0 fully saturated rings. The maximum Gasteiger partial charge on any atom is 0.180 e. The Morgan fingerprint density at radius 2 is 2.05 bits per heavy atom. The van der Waals surface area contributed by atoms with Crippen molar-refractivity contribution in [2.75, 3.05) is 0 Å². The zero-order chi connectivity index (χ0) is 14.7. The number of nitrogens with zero attached hydrogens (tertiary/aromatic N) is 3. The van der Waals surface area contributed by atoms with Crippen LogP contribution in [0.3, 0.4) is 0 Å². The smallest absolute Gasteiger partial charge is 0.180 e. The lowest BCUT2D eigenvalue weighted by Crippen LogP contribution is -2.06. The van der Waals surface area contributed by atoms with Gasteiger partial charge < -0.3 is 0 Å². The molecule has 0 atom stereocenters. The molecule has 0 radical (unpaired) electrons. The van der Waals surface area contributed by atoms with Crippen LogP contribution in [0.1, 0.15) is 32.0 Å². The molecule has 0 amide bonds. The molecule has 0 bridgehead atoms. The van der Waals surface area contributed by atoms with Crippen LogP contribution in [0, 0.1) is 9.49 Å². The van der Waals surface area contributed by atoms with E-state index >= 15 is 0 Å². The second kappa shape index (κ2) is 6.80. The molecule has 2 rings (SSSR count). The molecular formula is C15H17ClIN3. The molecule has 2 aromatic heterocycles. The predicted octanol–water partition coefficient (Wildman–Crippen LogP) is 4.56. The molecule has 0 saturated heterocycles. The summed E-state index contributed by atoms with van der Waals surface area (Å²) in [6.45, 7) is 6.44. The van der Waals surface area contributed by atoms with Crippen LogP contribution < -0.4 is 0 Å². The van der Waals surface area contributed by atoms with Gasteiger partial charge in [0.1, 0.15) is 10.8 Å². The van der Waals surface area contributed by atoms with Gasteiger partial charge >= 0.3 is 0 Å². The maximum absolute atomic E-state index is 6.26. The van der Waals surface area contributed by atoms with Crippen LogP contribution in [0.25, 0.3) is 11.5 Å². The van der Waals surface area contributed by atoms with E-state index in [1.165, 1.54) is 0 Å². The Balaban J connectivity index is 2.54. The van der Waals surface area contributed by atoms with Gasteiger partial charge in [-0.05, 0) is 53.0 Å². The summed E-state index contributed by atoms with van der Waals surface area (Å²) in [6, 6.07) is 3.99. The lowest BCUT2D eigenvalue weighted by molar-refractivity contribution is 0.632. The first kappa shape index (κ1) is 15.6. The Bertz CT molecular complexity index is 614. The highest BCUT2D eigenvalue weighted by atomic mass is 127. The summed E-state index contributed by atoms with van der Waals surface area (Å²) in [5, 5.41) is 0.513. The number of hydrogen-bond acceptors (Lipinski definition) is 3. The van der Waals surface area contributed by atoms with Crippen molar-refractivity contribution in [1.29, 1.82) is 0 Å². The molecule has 0 saturated carbocycles. The van der Waals surface area contributed by atoms with E-state index < -0.39 is 0 Å². The van der Waals surface area contributed by atoms with Gasteiger partial charge in [0.15, 0.2) is 5.82 Å². The Kier molecular flexibility index (Phi) is 5.32. The van der Waals surface area contributed by atoms with Gasteiger partial charge in [-0.3, -0.25) is 4.98 Å². The molecule has 2 heterocycles. The second-order valence-electron chi connectivity index (χ2n) is 5.06. The summed E-state index contributed by atoms with van der Waals surface area (Å²) in [5.74, 6) is 1.15. The van der Waals surface area contributed by atoms with Gasteiger partial charge in [-0.1, -0.05) is 38.4 Å². The van der Waals surface area contributed by atoms with Gasteiger partial charge in [0, 0.05) is 6.20 Å². The average molecular weight is 402 g/mol. The lowest BCUT2D eigenvalue weighted by atomic mass is 10.1. The van der Waals surface area contributed by atoms with Crippen molar-refractivity contribution in [2.24, 2.45) is 5.92 Å². The van der Waals surface area contributed by atoms with Gasteiger partial charge in [0.05, 0.1) is 9.26 Å². The van der Waals surface area contributed by atoms with Crippen molar-refractivity contribution in [3.05, 3.63) is 38.3 Å². The van der Waals surface area contributed by atoms with Crippen molar-refractivity contribution < 1.29 is 0 Å². The fourth-order valence-corrected chi connectivity index (χ4v) is 2.67. The Hall–Kier alpha value is -0.750. The molecular weight excluding hydrogens is 385 g/mol. The number of aromatic nitrogens is 3. The van der Waals surface area contributed by atoms with Crippen molar-refractivity contribution >= 4 is 34.2 Å². The molecule has 106 valence electrons. The quantitative estimate of drug-likeness (QED) is 0.557. The van der Waals surface area contributed by atoms with Crippen molar-refractivity contribution in [3.63, 3.8) is 0 Å². The molecule has 0 spiro atoms. The predicted molar refractivity (Wildman–Crippen MR) is 90.9 cm³/mol. The highest BCUT2D eigenvalue weighted by molar-refractivity contribution is 14.1. The number of halogens is 2. The molecule has 0 aliphatic carbocycles. The van der Waals surface area contributed by atoms with Crippen molar-refractivity contribution in [2.45, 2.75) is 33.6 Å². The van der Waals surface area contributed by atoms with Gasteiger partial charge in [-0.15, -0.1) is 0 Å². The minimum atomic E-state index is 0.513. The first-order valence-corrected chi connectivity index (χ1v) is 8.14. The maximum atomic E-state index is 6.26. The van der Waals surface area contributed by atoms with E-state index in [0.717, 1.165) is 33.4 Å². The first-order valence-electron chi connectivity index (χ1n) is 6.69. The summed E-state index contributed by atoms with van der Waals surface area (Å²) in [4.78, 5) is 13.5.